The fourth-order valence-corrected chi connectivity index (χ4v) is 4.24. The Balaban J connectivity index is 4.59. The molecule has 0 aromatic carbocycles. The number of nitrogens with zero attached hydrogens (tertiary/aromatic N) is 1. The van der Waals surface area contributed by atoms with E-state index in [4.69, 9.17) is 0 Å². The van der Waals surface area contributed by atoms with Crippen molar-refractivity contribution in [3.05, 3.63) is 0 Å². The zero-order valence-corrected chi connectivity index (χ0v) is 20.4. The van der Waals surface area contributed by atoms with Gasteiger partial charge >= 0.3 is 0 Å². The number of hydrogen-bond acceptors (Lipinski definition) is 1. The molecule has 0 radical (unpaired) electrons. The summed E-state index contributed by atoms with van der Waals surface area (Å²) in [5.41, 5.74) is 0. The lowest BCUT2D eigenvalue weighted by Crippen LogP contribution is -2.35. The minimum absolute atomic E-state index is 0.862. The summed E-state index contributed by atoms with van der Waals surface area (Å²) in [5, 5.41) is 0. The third-order valence-electron chi connectivity index (χ3n) is 6.54. The standard InChI is InChI=1S/C26H55N/c1-8-12-17-25(10-3)21-27(22-26(11-4)18-13-9-2)20-19-24(7)16-14-15-23(5)6/h23-26H,8-22H2,1-7H3. The molecule has 3 atom stereocenters. The van der Waals surface area contributed by atoms with Gasteiger partial charge in [0.15, 0.2) is 0 Å². The molecule has 164 valence electrons. The molecule has 0 amide bonds. The van der Waals surface area contributed by atoms with E-state index in [1.165, 1.54) is 96.7 Å². The smallest absolute Gasteiger partial charge is 0.000967 e. The minimum atomic E-state index is 0.862. The van der Waals surface area contributed by atoms with E-state index in [0.717, 1.165) is 23.7 Å². The van der Waals surface area contributed by atoms with Crippen LogP contribution < -0.4 is 0 Å². The first-order chi connectivity index (χ1) is 13.0. The van der Waals surface area contributed by atoms with E-state index < -0.39 is 0 Å². The fourth-order valence-electron chi connectivity index (χ4n) is 4.24. The molecule has 0 bridgehead atoms. The third-order valence-corrected chi connectivity index (χ3v) is 6.54. The molecular weight excluding hydrogens is 326 g/mol. The topological polar surface area (TPSA) is 3.24 Å². The molecule has 0 aliphatic heterocycles. The highest BCUT2D eigenvalue weighted by molar-refractivity contribution is 4.71. The molecule has 0 aliphatic carbocycles. The molecule has 0 aromatic heterocycles. The van der Waals surface area contributed by atoms with Gasteiger partial charge < -0.3 is 4.90 Å². The maximum atomic E-state index is 2.87. The zero-order valence-electron chi connectivity index (χ0n) is 20.4. The average molecular weight is 382 g/mol. The van der Waals surface area contributed by atoms with Gasteiger partial charge in [-0.25, -0.2) is 0 Å². The van der Waals surface area contributed by atoms with Crippen molar-refractivity contribution in [2.75, 3.05) is 19.6 Å². The maximum Gasteiger partial charge on any atom is 0.000967 e. The van der Waals surface area contributed by atoms with E-state index in [1.54, 1.807) is 0 Å². The highest BCUT2D eigenvalue weighted by Crippen LogP contribution is 2.21. The van der Waals surface area contributed by atoms with Gasteiger partial charge in [-0.05, 0) is 49.5 Å². The fraction of sp³-hybridized carbons (Fsp3) is 1.00. The summed E-state index contributed by atoms with van der Waals surface area (Å²) in [4.78, 5) is 2.87. The third kappa shape index (κ3) is 15.5. The van der Waals surface area contributed by atoms with Crippen molar-refractivity contribution in [3.63, 3.8) is 0 Å². The first kappa shape index (κ1) is 27.0. The lowest BCUT2D eigenvalue weighted by atomic mass is 9.94. The second kappa shape index (κ2) is 18.0. The van der Waals surface area contributed by atoms with E-state index in [0.29, 0.717) is 0 Å². The predicted octanol–water partition coefficient (Wildman–Crippen LogP) is 8.57. The van der Waals surface area contributed by atoms with Crippen molar-refractivity contribution in [3.8, 4) is 0 Å². The quantitative estimate of drug-likeness (QED) is 0.216. The van der Waals surface area contributed by atoms with Gasteiger partial charge in [-0.15, -0.1) is 0 Å². The molecule has 0 aliphatic rings. The molecule has 27 heavy (non-hydrogen) atoms. The monoisotopic (exact) mass is 381 g/mol. The summed E-state index contributed by atoms with van der Waals surface area (Å²) in [5.74, 6) is 3.56. The zero-order chi connectivity index (χ0) is 20.5. The van der Waals surface area contributed by atoms with E-state index in [9.17, 15) is 0 Å². The van der Waals surface area contributed by atoms with Crippen molar-refractivity contribution in [2.24, 2.45) is 23.7 Å². The maximum absolute atomic E-state index is 2.87. The Morgan fingerprint density at radius 1 is 0.593 bits per heavy atom. The van der Waals surface area contributed by atoms with Crippen molar-refractivity contribution in [2.45, 2.75) is 126 Å². The lowest BCUT2D eigenvalue weighted by Gasteiger charge is -2.31. The summed E-state index contributed by atoms with van der Waals surface area (Å²) in [7, 11) is 0. The van der Waals surface area contributed by atoms with Crippen LogP contribution in [0.1, 0.15) is 126 Å². The van der Waals surface area contributed by atoms with Crippen LogP contribution in [0.15, 0.2) is 0 Å². The Labute approximate surface area is 174 Å². The van der Waals surface area contributed by atoms with E-state index in [2.05, 4.69) is 53.4 Å². The van der Waals surface area contributed by atoms with Crippen LogP contribution in [-0.2, 0) is 0 Å². The minimum Gasteiger partial charge on any atom is -0.303 e. The highest BCUT2D eigenvalue weighted by Gasteiger charge is 2.17. The Bertz CT molecular complexity index is 281. The first-order valence-electron chi connectivity index (χ1n) is 12.7. The van der Waals surface area contributed by atoms with Crippen molar-refractivity contribution < 1.29 is 0 Å². The second-order valence-corrected chi connectivity index (χ2v) is 9.81. The van der Waals surface area contributed by atoms with Crippen LogP contribution in [-0.4, -0.2) is 24.5 Å². The van der Waals surface area contributed by atoms with Gasteiger partial charge in [0.05, 0.1) is 0 Å². The largest absolute Gasteiger partial charge is 0.303 e. The number of hydrogen-bond donors (Lipinski definition) is 0. The van der Waals surface area contributed by atoms with E-state index >= 15 is 0 Å². The van der Waals surface area contributed by atoms with Gasteiger partial charge in [0.25, 0.3) is 0 Å². The molecular formula is C26H55N. The second-order valence-electron chi connectivity index (χ2n) is 9.81. The summed E-state index contributed by atoms with van der Waals surface area (Å²) in [6.07, 6.45) is 16.7. The number of unbranched alkanes of at least 4 members (excludes halogenated alkanes) is 2. The van der Waals surface area contributed by atoms with Crippen molar-refractivity contribution >= 4 is 0 Å². The van der Waals surface area contributed by atoms with Crippen LogP contribution in [0.4, 0.5) is 0 Å². The van der Waals surface area contributed by atoms with Crippen molar-refractivity contribution in [1.29, 1.82) is 0 Å². The molecule has 0 rings (SSSR count). The molecule has 1 nitrogen and oxygen atoms in total. The summed E-state index contributed by atoms with van der Waals surface area (Å²) in [6.45, 7) is 20.7. The van der Waals surface area contributed by atoms with Crippen molar-refractivity contribution in [1.82, 2.24) is 4.90 Å². The Morgan fingerprint density at radius 2 is 1.11 bits per heavy atom. The SMILES string of the molecule is CCCCC(CC)CN(CCC(C)CCCC(C)C)CC(CC)CCCC. The van der Waals surface area contributed by atoms with Crippen LogP contribution >= 0.6 is 0 Å². The van der Waals surface area contributed by atoms with Crippen LogP contribution in [0.2, 0.25) is 0 Å². The Kier molecular flexibility index (Phi) is 18.0. The molecule has 0 aromatic rings. The van der Waals surface area contributed by atoms with Crippen LogP contribution in [0.3, 0.4) is 0 Å². The molecule has 0 spiro atoms. The molecule has 3 unspecified atom stereocenters. The van der Waals surface area contributed by atoms with Gasteiger partial charge in [0.1, 0.15) is 0 Å². The first-order valence-corrected chi connectivity index (χ1v) is 12.7. The van der Waals surface area contributed by atoms with Gasteiger partial charge in [0.2, 0.25) is 0 Å². The molecule has 0 heterocycles. The van der Waals surface area contributed by atoms with Crippen LogP contribution in [0, 0.1) is 23.7 Å². The Hall–Kier alpha value is -0.0400. The lowest BCUT2D eigenvalue weighted by molar-refractivity contribution is 0.170. The number of rotatable bonds is 19. The van der Waals surface area contributed by atoms with Gasteiger partial charge in [0, 0.05) is 13.1 Å². The molecule has 0 N–H and O–H groups in total. The molecule has 0 fully saturated rings. The molecule has 0 saturated heterocycles. The van der Waals surface area contributed by atoms with Gasteiger partial charge in [-0.3, -0.25) is 0 Å². The van der Waals surface area contributed by atoms with Gasteiger partial charge in [-0.1, -0.05) is 106 Å². The van der Waals surface area contributed by atoms with Crippen LogP contribution in [0.25, 0.3) is 0 Å². The summed E-state index contributed by atoms with van der Waals surface area (Å²) >= 11 is 0. The molecule has 1 heteroatoms. The van der Waals surface area contributed by atoms with Gasteiger partial charge in [-0.2, -0.15) is 0 Å². The van der Waals surface area contributed by atoms with E-state index in [1.807, 2.05) is 0 Å². The van der Waals surface area contributed by atoms with Crippen LogP contribution in [0.5, 0.6) is 0 Å². The Morgan fingerprint density at radius 3 is 1.52 bits per heavy atom. The molecule has 0 saturated carbocycles. The normalized spacial score (nSPS) is 15.4. The van der Waals surface area contributed by atoms with E-state index in [-0.39, 0.29) is 0 Å². The summed E-state index contributed by atoms with van der Waals surface area (Å²) in [6, 6.07) is 0. The predicted molar refractivity (Wildman–Crippen MR) is 126 cm³/mol. The average Bonchev–Trinajstić information content (AvgIpc) is 2.65. The highest BCUT2D eigenvalue weighted by atomic mass is 15.1. The summed E-state index contributed by atoms with van der Waals surface area (Å²) < 4.78 is 0.